The van der Waals surface area contributed by atoms with E-state index in [1.165, 1.54) is 0 Å². The highest BCUT2D eigenvalue weighted by molar-refractivity contribution is 5.85. The van der Waals surface area contributed by atoms with Crippen LogP contribution in [0.15, 0.2) is 0 Å². The third kappa shape index (κ3) is 6.50. The molecule has 3 N–H and O–H groups in total. The summed E-state index contributed by atoms with van der Waals surface area (Å²) >= 11 is 0. The second kappa shape index (κ2) is 10.1. The average molecular weight is 274 g/mol. The van der Waals surface area contributed by atoms with Gasteiger partial charge in [0.1, 0.15) is 0 Å². The van der Waals surface area contributed by atoms with Crippen molar-refractivity contribution in [1.29, 1.82) is 0 Å². The van der Waals surface area contributed by atoms with Gasteiger partial charge in [0.2, 0.25) is 5.91 Å². The summed E-state index contributed by atoms with van der Waals surface area (Å²) in [6.07, 6.45) is 1.01. The SMILES string of the molecule is COCCN1CCC(NC(=O)CN)C1.Cl.Cl. The summed E-state index contributed by atoms with van der Waals surface area (Å²) in [6, 6.07) is 0.267. The van der Waals surface area contributed by atoms with Crippen molar-refractivity contribution in [3.05, 3.63) is 0 Å². The first-order valence-electron chi connectivity index (χ1n) is 4.97. The average Bonchev–Trinajstić information content (AvgIpc) is 2.62. The lowest BCUT2D eigenvalue weighted by Gasteiger charge is -2.15. The van der Waals surface area contributed by atoms with Crippen LogP contribution in [-0.2, 0) is 9.53 Å². The molecule has 1 rings (SSSR count). The molecule has 1 saturated heterocycles. The van der Waals surface area contributed by atoms with E-state index in [1.54, 1.807) is 7.11 Å². The van der Waals surface area contributed by atoms with Crippen molar-refractivity contribution in [3.8, 4) is 0 Å². The third-order valence-electron chi connectivity index (χ3n) is 2.43. The molecule has 0 bridgehead atoms. The lowest BCUT2D eigenvalue weighted by Crippen LogP contribution is -2.40. The molecule has 1 atom stereocenters. The Morgan fingerprint density at radius 3 is 2.81 bits per heavy atom. The van der Waals surface area contributed by atoms with Gasteiger partial charge in [0.25, 0.3) is 0 Å². The monoisotopic (exact) mass is 273 g/mol. The van der Waals surface area contributed by atoms with Gasteiger partial charge in [-0.1, -0.05) is 0 Å². The molecule has 1 amide bonds. The molecule has 7 heteroatoms. The molecule has 1 aliphatic heterocycles. The molecule has 16 heavy (non-hydrogen) atoms. The van der Waals surface area contributed by atoms with Crippen molar-refractivity contribution in [2.24, 2.45) is 5.73 Å². The van der Waals surface area contributed by atoms with E-state index in [9.17, 15) is 4.79 Å². The van der Waals surface area contributed by atoms with Crippen LogP contribution in [0.25, 0.3) is 0 Å². The van der Waals surface area contributed by atoms with Gasteiger partial charge in [-0.15, -0.1) is 24.8 Å². The van der Waals surface area contributed by atoms with E-state index in [-0.39, 0.29) is 43.3 Å². The van der Waals surface area contributed by atoms with Crippen LogP contribution in [0.1, 0.15) is 6.42 Å². The first-order chi connectivity index (χ1) is 6.76. The van der Waals surface area contributed by atoms with Gasteiger partial charge in [-0.3, -0.25) is 9.69 Å². The predicted molar refractivity (Wildman–Crippen MR) is 68.4 cm³/mol. The smallest absolute Gasteiger partial charge is 0.233 e. The first kappa shape index (κ1) is 18.3. The Labute approximate surface area is 109 Å². The van der Waals surface area contributed by atoms with E-state index in [0.29, 0.717) is 0 Å². The molecule has 5 nitrogen and oxygen atoms in total. The maximum absolute atomic E-state index is 11.0. The van der Waals surface area contributed by atoms with Crippen molar-refractivity contribution in [1.82, 2.24) is 10.2 Å². The van der Waals surface area contributed by atoms with E-state index in [0.717, 1.165) is 32.7 Å². The quantitative estimate of drug-likeness (QED) is 0.717. The van der Waals surface area contributed by atoms with Crippen molar-refractivity contribution >= 4 is 30.7 Å². The third-order valence-corrected chi connectivity index (χ3v) is 2.43. The fourth-order valence-electron chi connectivity index (χ4n) is 1.66. The van der Waals surface area contributed by atoms with Gasteiger partial charge >= 0.3 is 0 Å². The van der Waals surface area contributed by atoms with Crippen LogP contribution in [0.5, 0.6) is 0 Å². The zero-order valence-electron chi connectivity index (χ0n) is 9.48. The molecule has 0 aromatic carbocycles. The van der Waals surface area contributed by atoms with Crippen LogP contribution in [0, 0.1) is 0 Å². The summed E-state index contributed by atoms with van der Waals surface area (Å²) in [5.74, 6) is -0.0661. The van der Waals surface area contributed by atoms with Gasteiger partial charge in [0, 0.05) is 32.8 Å². The molecule has 1 unspecified atom stereocenters. The fourth-order valence-corrected chi connectivity index (χ4v) is 1.66. The van der Waals surface area contributed by atoms with Gasteiger partial charge in [0.05, 0.1) is 13.2 Å². The van der Waals surface area contributed by atoms with Gasteiger partial charge in [-0.2, -0.15) is 0 Å². The van der Waals surface area contributed by atoms with E-state index < -0.39 is 0 Å². The molecule has 98 valence electrons. The summed E-state index contributed by atoms with van der Waals surface area (Å²) in [5.41, 5.74) is 5.22. The van der Waals surface area contributed by atoms with Gasteiger partial charge in [0.15, 0.2) is 0 Å². The molecule has 0 spiro atoms. The maximum Gasteiger partial charge on any atom is 0.233 e. The van der Waals surface area contributed by atoms with Crippen LogP contribution >= 0.6 is 24.8 Å². The summed E-state index contributed by atoms with van der Waals surface area (Å²) in [5, 5.41) is 2.89. The molecular weight excluding hydrogens is 253 g/mol. The number of amides is 1. The zero-order chi connectivity index (χ0) is 10.4. The van der Waals surface area contributed by atoms with Crippen molar-refractivity contribution < 1.29 is 9.53 Å². The highest BCUT2D eigenvalue weighted by Gasteiger charge is 2.22. The molecule has 1 fully saturated rings. The Hall–Kier alpha value is -0.0700. The van der Waals surface area contributed by atoms with E-state index in [2.05, 4.69) is 10.2 Å². The Morgan fingerprint density at radius 2 is 2.25 bits per heavy atom. The van der Waals surface area contributed by atoms with Crippen LogP contribution in [0.2, 0.25) is 0 Å². The number of halogens is 2. The lowest BCUT2D eigenvalue weighted by molar-refractivity contribution is -0.120. The maximum atomic E-state index is 11.0. The number of rotatable bonds is 5. The summed E-state index contributed by atoms with van der Waals surface area (Å²) < 4.78 is 4.99. The molecule has 0 radical (unpaired) electrons. The van der Waals surface area contributed by atoms with Crippen LogP contribution in [0.3, 0.4) is 0 Å². The number of nitrogens with zero attached hydrogens (tertiary/aromatic N) is 1. The number of ether oxygens (including phenoxy) is 1. The van der Waals surface area contributed by atoms with Gasteiger partial charge < -0.3 is 15.8 Å². The van der Waals surface area contributed by atoms with E-state index in [4.69, 9.17) is 10.5 Å². The molecular formula is C9H21Cl2N3O2. The zero-order valence-corrected chi connectivity index (χ0v) is 11.1. The molecule has 0 aliphatic carbocycles. The summed E-state index contributed by atoms with van der Waals surface area (Å²) in [7, 11) is 1.70. The summed E-state index contributed by atoms with van der Waals surface area (Å²) in [6.45, 7) is 3.70. The number of carbonyl (C=O) groups is 1. The molecule has 0 saturated carbocycles. The molecule has 0 aromatic heterocycles. The highest BCUT2D eigenvalue weighted by Crippen LogP contribution is 2.07. The van der Waals surface area contributed by atoms with Crippen LogP contribution < -0.4 is 11.1 Å². The summed E-state index contributed by atoms with van der Waals surface area (Å²) in [4.78, 5) is 13.3. The standard InChI is InChI=1S/C9H19N3O2.2ClH/c1-14-5-4-12-3-2-8(7-12)11-9(13)6-10;;/h8H,2-7,10H2,1H3,(H,11,13);2*1H. The second-order valence-electron chi connectivity index (χ2n) is 3.55. The van der Waals surface area contributed by atoms with Crippen LogP contribution in [-0.4, -0.2) is 56.7 Å². The first-order valence-corrected chi connectivity index (χ1v) is 4.97. The van der Waals surface area contributed by atoms with E-state index in [1.807, 2.05) is 0 Å². The minimum absolute atomic E-state index is 0. The number of methoxy groups -OCH3 is 1. The normalized spacial score (nSPS) is 19.8. The number of carbonyl (C=O) groups excluding carboxylic acids is 1. The van der Waals surface area contributed by atoms with Gasteiger partial charge in [-0.25, -0.2) is 0 Å². The predicted octanol–water partition coefficient (Wildman–Crippen LogP) is -0.374. The Morgan fingerprint density at radius 1 is 1.56 bits per heavy atom. The fraction of sp³-hybridized carbons (Fsp3) is 0.889. The number of nitrogens with one attached hydrogen (secondary N) is 1. The number of hydrogen-bond acceptors (Lipinski definition) is 4. The molecule has 1 aliphatic rings. The number of likely N-dealkylation sites (tertiary alicyclic amines) is 1. The topological polar surface area (TPSA) is 67.6 Å². The second-order valence-corrected chi connectivity index (χ2v) is 3.55. The molecule has 1 heterocycles. The van der Waals surface area contributed by atoms with E-state index >= 15 is 0 Å². The lowest BCUT2D eigenvalue weighted by atomic mass is 10.2. The minimum Gasteiger partial charge on any atom is -0.383 e. The van der Waals surface area contributed by atoms with Crippen molar-refractivity contribution in [2.75, 3.05) is 39.9 Å². The number of hydrogen-bond donors (Lipinski definition) is 2. The Kier molecular flexibility index (Phi) is 11.6. The largest absolute Gasteiger partial charge is 0.383 e. The number of nitrogens with two attached hydrogens (primary N) is 1. The van der Waals surface area contributed by atoms with Crippen LogP contribution in [0.4, 0.5) is 0 Å². The molecule has 0 aromatic rings. The van der Waals surface area contributed by atoms with Crippen molar-refractivity contribution in [3.63, 3.8) is 0 Å². The highest BCUT2D eigenvalue weighted by atomic mass is 35.5. The minimum atomic E-state index is -0.0661. The Bertz CT molecular complexity index is 196. The van der Waals surface area contributed by atoms with Crippen molar-refractivity contribution in [2.45, 2.75) is 12.5 Å². The Balaban J connectivity index is 0. The van der Waals surface area contributed by atoms with Gasteiger partial charge in [-0.05, 0) is 6.42 Å².